The first-order valence-electron chi connectivity index (χ1n) is 21.6. The van der Waals surface area contributed by atoms with Crippen LogP contribution >= 0.6 is 0 Å². The normalized spacial score (nSPS) is 16.2. The topological polar surface area (TPSA) is 306 Å². The van der Waals surface area contributed by atoms with Crippen LogP contribution in [-0.4, -0.2) is 135 Å². The fraction of sp³-hybridized carbons (Fsp3) is 0.667. The molecule has 1 aromatic rings. The highest BCUT2D eigenvalue weighted by molar-refractivity contribution is 5.94. The number of ether oxygens (including phenoxy) is 2. The Morgan fingerprint density at radius 2 is 1.35 bits per heavy atom. The second-order valence-electron chi connectivity index (χ2n) is 15.3. The van der Waals surface area contributed by atoms with Gasteiger partial charge >= 0.3 is 11.9 Å². The van der Waals surface area contributed by atoms with Crippen LogP contribution in [0, 0.1) is 11.8 Å². The number of primary amides is 1. The molecule has 1 aromatic carbocycles. The number of carboxylic acids is 2. The van der Waals surface area contributed by atoms with Crippen molar-refractivity contribution >= 4 is 53.1 Å². The van der Waals surface area contributed by atoms with Crippen molar-refractivity contribution in [3.63, 3.8) is 0 Å². The first-order chi connectivity index (χ1) is 29.7. The summed E-state index contributed by atoms with van der Waals surface area (Å²) in [6.45, 7) is 4.53. The van der Waals surface area contributed by atoms with Gasteiger partial charge in [-0.05, 0) is 108 Å². The molecule has 0 heterocycles. The predicted molar refractivity (Wildman–Crippen MR) is 229 cm³/mol. The Hall–Kier alpha value is -5.34. The average molecular weight is 877 g/mol. The molecule has 1 aliphatic rings. The number of nitrogens with one attached hydrogen (secondary N) is 7. The maximum atomic E-state index is 12.8. The van der Waals surface area contributed by atoms with Gasteiger partial charge in [-0.3, -0.25) is 33.6 Å². The van der Waals surface area contributed by atoms with Crippen molar-refractivity contribution in [2.24, 2.45) is 17.6 Å². The zero-order valence-corrected chi connectivity index (χ0v) is 36.1. The maximum absolute atomic E-state index is 12.8. The molecule has 0 saturated heterocycles. The monoisotopic (exact) mass is 876 g/mol. The number of hydrogen-bond donors (Lipinski definition) is 10. The standard InChI is InChI=1S/C42H68N8O12/c1-3-20-45-31-13-11-29(12-14-31)39(56)46-21-5-4-6-32(38(43)55)48-36(52)19-23-61-25-26-62-24-22-47-41(58)33(16-18-37(53)54)49-35(51)17-15-34(42(59)60)50-40(57)30-9-7-28(8-10-30)27-44-2/h11-14,28,30,32-34,44-45H,3-10,15-27H2,1-2H3,(H2,43,55)(H,46,56)(H,47,58)(H,48,52)(H,49,51)(H,50,57)(H,53,54)(H,59,60)/t28?,30?,32?,33?,34-/m0/s1. The highest BCUT2D eigenvalue weighted by Gasteiger charge is 2.30. The van der Waals surface area contributed by atoms with Gasteiger partial charge in [0.05, 0.1) is 26.4 Å². The Kier molecular flexibility index (Phi) is 26.1. The van der Waals surface area contributed by atoms with Gasteiger partial charge in [0, 0.05) is 56.1 Å². The highest BCUT2D eigenvalue weighted by Crippen LogP contribution is 2.28. The van der Waals surface area contributed by atoms with Crippen LogP contribution in [-0.2, 0) is 43.0 Å². The second kappa shape index (κ2) is 30.6. The van der Waals surface area contributed by atoms with Crippen LogP contribution in [0.25, 0.3) is 0 Å². The van der Waals surface area contributed by atoms with Crippen LogP contribution in [0.2, 0.25) is 0 Å². The first kappa shape index (κ1) is 52.8. The van der Waals surface area contributed by atoms with Crippen LogP contribution < -0.4 is 43.0 Å². The molecular weight excluding hydrogens is 809 g/mol. The van der Waals surface area contributed by atoms with Crippen LogP contribution in [0.3, 0.4) is 0 Å². The molecule has 20 heteroatoms. The number of hydrogen-bond acceptors (Lipinski definition) is 12. The largest absolute Gasteiger partial charge is 0.481 e. The first-order valence-corrected chi connectivity index (χ1v) is 21.6. The number of carbonyl (C=O) groups is 8. The molecule has 6 amide bonds. The maximum Gasteiger partial charge on any atom is 0.326 e. The number of unbranched alkanes of at least 4 members (excludes halogenated alkanes) is 1. The molecule has 0 spiro atoms. The number of nitrogens with two attached hydrogens (primary N) is 1. The van der Waals surface area contributed by atoms with Crippen molar-refractivity contribution in [2.75, 3.05) is 65.0 Å². The highest BCUT2D eigenvalue weighted by atomic mass is 16.5. The number of rotatable bonds is 33. The minimum atomic E-state index is -1.31. The molecule has 3 atom stereocenters. The van der Waals surface area contributed by atoms with E-state index in [4.69, 9.17) is 20.3 Å². The lowest BCUT2D eigenvalue weighted by molar-refractivity contribution is -0.143. The van der Waals surface area contributed by atoms with Gasteiger partial charge in [0.15, 0.2) is 0 Å². The Morgan fingerprint density at radius 3 is 1.98 bits per heavy atom. The number of aliphatic carboxylic acids is 2. The summed E-state index contributed by atoms with van der Waals surface area (Å²) in [6, 6.07) is 3.81. The fourth-order valence-corrected chi connectivity index (χ4v) is 6.74. The summed E-state index contributed by atoms with van der Waals surface area (Å²) >= 11 is 0. The number of anilines is 1. The third-order valence-corrected chi connectivity index (χ3v) is 10.3. The van der Waals surface area contributed by atoms with Gasteiger partial charge in [-0.1, -0.05) is 6.92 Å². The van der Waals surface area contributed by atoms with Gasteiger partial charge in [-0.2, -0.15) is 0 Å². The summed E-state index contributed by atoms with van der Waals surface area (Å²) in [4.78, 5) is 98.1. The minimum Gasteiger partial charge on any atom is -0.481 e. The average Bonchev–Trinajstić information content (AvgIpc) is 3.24. The molecule has 11 N–H and O–H groups in total. The van der Waals surface area contributed by atoms with Crippen molar-refractivity contribution in [1.82, 2.24) is 31.9 Å². The summed E-state index contributed by atoms with van der Waals surface area (Å²) in [5.74, 6) is -5.29. The third-order valence-electron chi connectivity index (χ3n) is 10.3. The molecular formula is C42H68N8O12. The van der Waals surface area contributed by atoms with Gasteiger partial charge in [-0.15, -0.1) is 0 Å². The molecule has 348 valence electrons. The number of carboxylic acid groups (broad SMARTS) is 2. The van der Waals surface area contributed by atoms with E-state index >= 15 is 0 Å². The minimum absolute atomic E-state index is 0.0243. The summed E-state index contributed by atoms with van der Waals surface area (Å²) in [5.41, 5.74) is 6.96. The molecule has 0 aromatic heterocycles. The molecule has 0 radical (unpaired) electrons. The summed E-state index contributed by atoms with van der Waals surface area (Å²) < 4.78 is 10.9. The molecule has 0 bridgehead atoms. The summed E-state index contributed by atoms with van der Waals surface area (Å²) in [6.07, 6.45) is 4.22. The quantitative estimate of drug-likeness (QED) is 0.0434. The lowest BCUT2D eigenvalue weighted by Crippen LogP contribution is -2.48. The van der Waals surface area contributed by atoms with Crippen LogP contribution in [0.4, 0.5) is 5.69 Å². The lowest BCUT2D eigenvalue weighted by Gasteiger charge is -2.28. The molecule has 20 nitrogen and oxygen atoms in total. The van der Waals surface area contributed by atoms with E-state index in [9.17, 15) is 43.5 Å². The molecule has 1 fully saturated rings. The molecule has 0 aliphatic heterocycles. The van der Waals surface area contributed by atoms with Gasteiger partial charge in [0.1, 0.15) is 18.1 Å². The smallest absolute Gasteiger partial charge is 0.326 e. The molecule has 1 saturated carbocycles. The SMILES string of the molecule is CCCNc1ccc(C(=O)NCCCCC(NC(=O)CCOCCOCCNC(=O)C(CCC(=O)O)NC(=O)CC[C@H](NC(=O)C2CCC(CNC)CC2)C(=O)O)C(N)=O)cc1. The third kappa shape index (κ3) is 22.5. The van der Waals surface area contributed by atoms with Crippen LogP contribution in [0.5, 0.6) is 0 Å². The van der Waals surface area contributed by atoms with Crippen LogP contribution in [0.1, 0.15) is 101 Å². The second-order valence-corrected chi connectivity index (χ2v) is 15.3. The Bertz CT molecular complexity index is 1570. The summed E-state index contributed by atoms with van der Waals surface area (Å²) in [5, 5.41) is 38.2. The fourth-order valence-electron chi connectivity index (χ4n) is 6.74. The zero-order chi connectivity index (χ0) is 45.7. The van der Waals surface area contributed by atoms with Crippen molar-refractivity contribution in [2.45, 2.75) is 109 Å². The van der Waals surface area contributed by atoms with Gasteiger partial charge in [0.2, 0.25) is 29.5 Å². The zero-order valence-electron chi connectivity index (χ0n) is 36.1. The number of amides is 6. The molecule has 2 unspecified atom stereocenters. The Balaban J connectivity index is 1.61. The van der Waals surface area contributed by atoms with E-state index in [2.05, 4.69) is 44.1 Å². The van der Waals surface area contributed by atoms with E-state index in [0.717, 1.165) is 38.0 Å². The van der Waals surface area contributed by atoms with E-state index in [1.54, 1.807) is 12.1 Å². The van der Waals surface area contributed by atoms with Crippen molar-refractivity contribution in [1.29, 1.82) is 0 Å². The van der Waals surface area contributed by atoms with E-state index in [-0.39, 0.29) is 76.4 Å². The lowest BCUT2D eigenvalue weighted by atomic mass is 9.81. The van der Waals surface area contributed by atoms with Gasteiger partial charge < -0.3 is 62.6 Å². The Morgan fingerprint density at radius 1 is 0.710 bits per heavy atom. The van der Waals surface area contributed by atoms with Crippen LogP contribution in [0.15, 0.2) is 24.3 Å². The Labute approximate surface area is 363 Å². The predicted octanol–water partition coefficient (Wildman–Crippen LogP) is 0.643. The molecule has 2 rings (SSSR count). The van der Waals surface area contributed by atoms with Crippen molar-refractivity contribution in [3.8, 4) is 0 Å². The van der Waals surface area contributed by atoms with E-state index in [1.807, 2.05) is 19.2 Å². The van der Waals surface area contributed by atoms with Crippen molar-refractivity contribution in [3.05, 3.63) is 29.8 Å². The van der Waals surface area contributed by atoms with Gasteiger partial charge in [-0.25, -0.2) is 4.79 Å². The number of benzene rings is 1. The van der Waals surface area contributed by atoms with Crippen molar-refractivity contribution < 1.29 is 58.0 Å². The van der Waals surface area contributed by atoms with E-state index < -0.39 is 60.1 Å². The number of carbonyl (C=O) groups excluding carboxylic acids is 6. The van der Waals surface area contributed by atoms with E-state index in [0.29, 0.717) is 50.1 Å². The molecule has 62 heavy (non-hydrogen) atoms. The van der Waals surface area contributed by atoms with E-state index in [1.165, 1.54) is 0 Å². The van der Waals surface area contributed by atoms with Gasteiger partial charge in [0.25, 0.3) is 5.91 Å². The molecule has 1 aliphatic carbocycles. The summed E-state index contributed by atoms with van der Waals surface area (Å²) in [7, 11) is 1.87.